The highest BCUT2D eigenvalue weighted by molar-refractivity contribution is 4.81. The summed E-state index contributed by atoms with van der Waals surface area (Å²) in [5.74, 6) is 0. The van der Waals surface area contributed by atoms with Crippen LogP contribution in [0.4, 0.5) is 0 Å². The van der Waals surface area contributed by atoms with Gasteiger partial charge in [-0.15, -0.1) is 0 Å². The highest BCUT2D eigenvalue weighted by Crippen LogP contribution is 2.14. The first-order chi connectivity index (χ1) is 9.15. The molecule has 0 aliphatic carbocycles. The summed E-state index contributed by atoms with van der Waals surface area (Å²) in [5.41, 5.74) is 0. The van der Waals surface area contributed by atoms with Crippen LogP contribution >= 0.6 is 0 Å². The van der Waals surface area contributed by atoms with E-state index in [0.29, 0.717) is 18.1 Å². The highest BCUT2D eigenvalue weighted by atomic mass is 15.3. The largest absolute Gasteiger partial charge is 0.310 e. The zero-order valence-corrected chi connectivity index (χ0v) is 12.5. The molecule has 0 aromatic carbocycles. The SMILES string of the molecule is CC(Cn1cccn1)NC1CCCN(C(C)C)CC1. The minimum atomic E-state index is 0.482. The van der Waals surface area contributed by atoms with Gasteiger partial charge in [0, 0.05) is 30.5 Å². The Labute approximate surface area is 117 Å². The molecule has 0 spiro atoms. The van der Waals surface area contributed by atoms with Crippen molar-refractivity contribution in [2.45, 2.75) is 64.7 Å². The third-order valence-electron chi connectivity index (χ3n) is 4.03. The monoisotopic (exact) mass is 264 g/mol. The minimum absolute atomic E-state index is 0.482. The molecule has 0 amide bonds. The van der Waals surface area contributed by atoms with Gasteiger partial charge in [0.25, 0.3) is 0 Å². The van der Waals surface area contributed by atoms with Crippen LogP contribution in [0.3, 0.4) is 0 Å². The van der Waals surface area contributed by atoms with Crippen LogP contribution in [0.15, 0.2) is 18.5 Å². The van der Waals surface area contributed by atoms with Crippen molar-refractivity contribution in [3.63, 3.8) is 0 Å². The molecule has 2 rings (SSSR count). The lowest BCUT2D eigenvalue weighted by atomic mass is 10.1. The Morgan fingerprint density at radius 3 is 2.79 bits per heavy atom. The number of rotatable bonds is 5. The van der Waals surface area contributed by atoms with E-state index in [0.717, 1.165) is 6.54 Å². The minimum Gasteiger partial charge on any atom is -0.310 e. The van der Waals surface area contributed by atoms with Gasteiger partial charge in [-0.2, -0.15) is 5.10 Å². The maximum absolute atomic E-state index is 4.27. The van der Waals surface area contributed by atoms with Crippen molar-refractivity contribution in [1.29, 1.82) is 0 Å². The summed E-state index contributed by atoms with van der Waals surface area (Å²) in [6.07, 6.45) is 7.75. The third kappa shape index (κ3) is 4.62. The average molecular weight is 264 g/mol. The van der Waals surface area contributed by atoms with Crippen LogP contribution in [-0.2, 0) is 6.54 Å². The Hall–Kier alpha value is -0.870. The molecule has 2 atom stereocenters. The van der Waals surface area contributed by atoms with Gasteiger partial charge in [0.1, 0.15) is 0 Å². The first kappa shape index (κ1) is 14.5. The van der Waals surface area contributed by atoms with Gasteiger partial charge in [-0.1, -0.05) is 0 Å². The van der Waals surface area contributed by atoms with Crippen molar-refractivity contribution in [2.24, 2.45) is 0 Å². The first-order valence-electron chi connectivity index (χ1n) is 7.62. The molecule has 4 heteroatoms. The highest BCUT2D eigenvalue weighted by Gasteiger charge is 2.19. The van der Waals surface area contributed by atoms with Crippen molar-refractivity contribution >= 4 is 0 Å². The smallest absolute Gasteiger partial charge is 0.0560 e. The van der Waals surface area contributed by atoms with Crippen molar-refractivity contribution in [3.05, 3.63) is 18.5 Å². The summed E-state index contributed by atoms with van der Waals surface area (Å²) in [6, 6.07) is 3.81. The van der Waals surface area contributed by atoms with Crippen LogP contribution in [-0.4, -0.2) is 45.9 Å². The maximum Gasteiger partial charge on any atom is 0.0560 e. The molecule has 2 unspecified atom stereocenters. The molecule has 0 saturated carbocycles. The number of hydrogen-bond acceptors (Lipinski definition) is 3. The Morgan fingerprint density at radius 1 is 1.26 bits per heavy atom. The predicted molar refractivity (Wildman–Crippen MR) is 79.2 cm³/mol. The van der Waals surface area contributed by atoms with Gasteiger partial charge >= 0.3 is 0 Å². The van der Waals surface area contributed by atoms with E-state index in [1.807, 2.05) is 23.1 Å². The summed E-state index contributed by atoms with van der Waals surface area (Å²) in [7, 11) is 0. The zero-order chi connectivity index (χ0) is 13.7. The standard InChI is InChI=1S/C15H28N4/c1-13(2)18-9-4-6-15(7-11-18)17-14(3)12-19-10-5-8-16-19/h5,8,10,13-15,17H,4,6-7,9,11-12H2,1-3H3. The molecular formula is C15H28N4. The molecule has 1 aromatic heterocycles. The third-order valence-corrected chi connectivity index (χ3v) is 4.03. The van der Waals surface area contributed by atoms with Crippen LogP contribution in [0.5, 0.6) is 0 Å². The topological polar surface area (TPSA) is 33.1 Å². The molecule has 108 valence electrons. The van der Waals surface area contributed by atoms with E-state index in [1.165, 1.54) is 32.4 Å². The number of hydrogen-bond donors (Lipinski definition) is 1. The summed E-state index contributed by atoms with van der Waals surface area (Å²) in [5, 5.41) is 8.04. The number of nitrogens with zero attached hydrogens (tertiary/aromatic N) is 3. The Bertz CT molecular complexity index is 347. The van der Waals surface area contributed by atoms with Gasteiger partial charge in [-0.3, -0.25) is 4.68 Å². The fourth-order valence-corrected chi connectivity index (χ4v) is 2.95. The van der Waals surface area contributed by atoms with Gasteiger partial charge in [-0.05, 0) is 59.2 Å². The van der Waals surface area contributed by atoms with Crippen LogP contribution in [0.25, 0.3) is 0 Å². The number of likely N-dealkylation sites (tertiary alicyclic amines) is 1. The van der Waals surface area contributed by atoms with Gasteiger partial charge < -0.3 is 10.2 Å². The fraction of sp³-hybridized carbons (Fsp3) is 0.800. The molecule has 19 heavy (non-hydrogen) atoms. The molecule has 0 bridgehead atoms. The molecule has 1 aliphatic rings. The van der Waals surface area contributed by atoms with Gasteiger partial charge in [0.05, 0.1) is 6.54 Å². The maximum atomic E-state index is 4.27. The molecule has 1 aliphatic heterocycles. The van der Waals surface area contributed by atoms with Crippen LogP contribution in [0.2, 0.25) is 0 Å². The molecular weight excluding hydrogens is 236 g/mol. The van der Waals surface area contributed by atoms with E-state index in [-0.39, 0.29) is 0 Å². The second-order valence-corrected chi connectivity index (χ2v) is 6.05. The Balaban J connectivity index is 1.76. The number of nitrogens with one attached hydrogen (secondary N) is 1. The molecule has 1 N–H and O–H groups in total. The fourth-order valence-electron chi connectivity index (χ4n) is 2.95. The summed E-state index contributed by atoms with van der Waals surface area (Å²) >= 11 is 0. The molecule has 1 saturated heterocycles. The van der Waals surface area contributed by atoms with Gasteiger partial charge in [-0.25, -0.2) is 0 Å². The summed E-state index contributed by atoms with van der Waals surface area (Å²) in [4.78, 5) is 2.60. The lowest BCUT2D eigenvalue weighted by molar-refractivity contribution is 0.228. The van der Waals surface area contributed by atoms with Gasteiger partial charge in [0.15, 0.2) is 0 Å². The second kappa shape index (κ2) is 7.06. The average Bonchev–Trinajstić information content (AvgIpc) is 2.73. The van der Waals surface area contributed by atoms with E-state index in [9.17, 15) is 0 Å². The van der Waals surface area contributed by atoms with Crippen LogP contribution < -0.4 is 5.32 Å². The predicted octanol–water partition coefficient (Wildman–Crippen LogP) is 2.12. The number of aromatic nitrogens is 2. The van der Waals surface area contributed by atoms with E-state index < -0.39 is 0 Å². The van der Waals surface area contributed by atoms with Crippen molar-refractivity contribution in [3.8, 4) is 0 Å². The quantitative estimate of drug-likeness (QED) is 0.884. The van der Waals surface area contributed by atoms with Crippen LogP contribution in [0, 0.1) is 0 Å². The summed E-state index contributed by atoms with van der Waals surface area (Å²) in [6.45, 7) is 10.3. The Kier molecular flexibility index (Phi) is 5.40. The zero-order valence-electron chi connectivity index (χ0n) is 12.5. The molecule has 1 aromatic rings. The Morgan fingerprint density at radius 2 is 2.11 bits per heavy atom. The molecule has 1 fully saturated rings. The van der Waals surface area contributed by atoms with E-state index >= 15 is 0 Å². The van der Waals surface area contributed by atoms with Gasteiger partial charge in [0.2, 0.25) is 0 Å². The van der Waals surface area contributed by atoms with E-state index in [2.05, 4.69) is 36.1 Å². The van der Waals surface area contributed by atoms with Crippen LogP contribution in [0.1, 0.15) is 40.0 Å². The molecule has 0 radical (unpaired) electrons. The lowest BCUT2D eigenvalue weighted by Crippen LogP contribution is -2.40. The van der Waals surface area contributed by atoms with E-state index in [4.69, 9.17) is 0 Å². The second-order valence-electron chi connectivity index (χ2n) is 6.05. The first-order valence-corrected chi connectivity index (χ1v) is 7.62. The van der Waals surface area contributed by atoms with Crippen molar-refractivity contribution < 1.29 is 0 Å². The summed E-state index contributed by atoms with van der Waals surface area (Å²) < 4.78 is 2.01. The lowest BCUT2D eigenvalue weighted by Gasteiger charge is -2.25. The normalized spacial score (nSPS) is 23.5. The van der Waals surface area contributed by atoms with Crippen molar-refractivity contribution in [1.82, 2.24) is 20.0 Å². The molecule has 2 heterocycles. The van der Waals surface area contributed by atoms with E-state index in [1.54, 1.807) is 0 Å². The van der Waals surface area contributed by atoms with Crippen molar-refractivity contribution in [2.75, 3.05) is 13.1 Å². The molecule has 4 nitrogen and oxygen atoms in total.